The normalized spacial score (nSPS) is 11.1. The highest BCUT2D eigenvalue weighted by molar-refractivity contribution is 7.18. The van der Waals surface area contributed by atoms with Crippen molar-refractivity contribution < 1.29 is 9.59 Å². The van der Waals surface area contributed by atoms with Crippen LogP contribution >= 0.6 is 11.3 Å². The van der Waals surface area contributed by atoms with Gasteiger partial charge in [-0.2, -0.15) is 0 Å². The number of hydrogen-bond acceptors (Lipinski definition) is 7. The number of carbonyl (C=O) groups excluding carboxylic acids is 2. The second kappa shape index (κ2) is 9.35. The van der Waals surface area contributed by atoms with Gasteiger partial charge in [0, 0.05) is 48.4 Å². The van der Waals surface area contributed by atoms with Gasteiger partial charge in [0.1, 0.15) is 12.1 Å². The van der Waals surface area contributed by atoms with Gasteiger partial charge in [-0.05, 0) is 36.2 Å². The van der Waals surface area contributed by atoms with Gasteiger partial charge in [0.15, 0.2) is 0 Å². The van der Waals surface area contributed by atoms with Crippen molar-refractivity contribution in [2.45, 2.75) is 13.3 Å². The summed E-state index contributed by atoms with van der Waals surface area (Å²) in [5.74, 6) is 0.0722. The summed E-state index contributed by atoms with van der Waals surface area (Å²) in [6, 6.07) is 13.5. The van der Waals surface area contributed by atoms with E-state index in [-0.39, 0.29) is 11.8 Å². The fraction of sp³-hybridized carbons (Fsp3) is 0.148. The molecule has 2 aromatic carbocycles. The van der Waals surface area contributed by atoms with E-state index in [1.807, 2.05) is 49.4 Å². The number of nitrogens with two attached hydrogens (primary N) is 1. The third-order valence-electron chi connectivity index (χ3n) is 6.08. The maximum atomic E-state index is 13.3. The van der Waals surface area contributed by atoms with Crippen molar-refractivity contribution in [1.29, 1.82) is 0 Å². The smallest absolute Gasteiger partial charge is 0.258 e. The van der Waals surface area contributed by atoms with Crippen molar-refractivity contribution >= 4 is 55.6 Å². The molecule has 0 aliphatic rings. The lowest BCUT2D eigenvalue weighted by molar-refractivity contribution is 0.0827. The molecule has 8 nitrogen and oxygen atoms in total. The van der Waals surface area contributed by atoms with Crippen molar-refractivity contribution in [3.63, 3.8) is 0 Å². The molecule has 0 fully saturated rings. The summed E-state index contributed by atoms with van der Waals surface area (Å²) >= 11 is 1.35. The summed E-state index contributed by atoms with van der Waals surface area (Å²) in [6.45, 7) is 1.96. The molecule has 0 saturated carbocycles. The zero-order valence-corrected chi connectivity index (χ0v) is 20.9. The first kappa shape index (κ1) is 23.4. The lowest BCUT2D eigenvalue weighted by Crippen LogP contribution is -2.21. The van der Waals surface area contributed by atoms with Gasteiger partial charge in [-0.25, -0.2) is 9.97 Å². The number of hydrogen-bond donors (Lipinski definition) is 2. The Morgan fingerprint density at radius 2 is 1.78 bits per heavy atom. The number of anilines is 2. The summed E-state index contributed by atoms with van der Waals surface area (Å²) in [4.78, 5) is 39.9. The second-order valence-corrected chi connectivity index (χ2v) is 9.60. The molecule has 5 rings (SSSR count). The van der Waals surface area contributed by atoms with Crippen LogP contribution in [0.5, 0.6) is 0 Å². The number of carbonyl (C=O) groups is 2. The lowest BCUT2D eigenvalue weighted by Gasteiger charge is -2.14. The Kier molecular flexibility index (Phi) is 6.07. The van der Waals surface area contributed by atoms with Gasteiger partial charge in [-0.3, -0.25) is 14.6 Å². The minimum atomic E-state index is -0.255. The zero-order chi connectivity index (χ0) is 25.4. The molecule has 0 atom stereocenters. The van der Waals surface area contributed by atoms with Crippen molar-refractivity contribution in [3.8, 4) is 0 Å². The number of amides is 2. The molecule has 5 aromatic rings. The van der Waals surface area contributed by atoms with Crippen LogP contribution in [0.4, 0.5) is 11.5 Å². The van der Waals surface area contributed by atoms with Crippen LogP contribution < -0.4 is 11.1 Å². The Bertz CT molecular complexity index is 1630. The molecular formula is C27H24N6O2S. The van der Waals surface area contributed by atoms with E-state index in [0.29, 0.717) is 33.6 Å². The Labute approximate surface area is 211 Å². The van der Waals surface area contributed by atoms with Gasteiger partial charge in [0.05, 0.1) is 27.2 Å². The summed E-state index contributed by atoms with van der Waals surface area (Å²) in [6.07, 6.45) is 3.71. The molecule has 0 radical (unpaired) electrons. The Balaban J connectivity index is 1.47. The number of rotatable bonds is 5. The molecule has 3 aromatic heterocycles. The Hall–Kier alpha value is -4.37. The molecule has 3 heterocycles. The van der Waals surface area contributed by atoms with Crippen LogP contribution in [-0.2, 0) is 6.42 Å². The van der Waals surface area contributed by atoms with Gasteiger partial charge in [-0.1, -0.05) is 24.3 Å². The average molecular weight is 497 g/mol. The minimum absolute atomic E-state index is 0.0340. The number of nitrogens with one attached hydrogen (secondary N) is 1. The SMILES string of the molecule is Cc1ccc2c(Cc3ccc(C(=O)N(C)C)cc3)nccc2c1NC(=O)c1csc2c(N)ncnc12. The summed E-state index contributed by atoms with van der Waals surface area (Å²) in [5, 5.41) is 6.70. The fourth-order valence-corrected chi connectivity index (χ4v) is 5.06. The highest BCUT2D eigenvalue weighted by atomic mass is 32.1. The molecular weight excluding hydrogens is 472 g/mol. The van der Waals surface area contributed by atoms with Crippen LogP contribution in [0.15, 0.2) is 60.4 Å². The molecule has 0 aliphatic heterocycles. The topological polar surface area (TPSA) is 114 Å². The van der Waals surface area contributed by atoms with E-state index in [4.69, 9.17) is 5.73 Å². The van der Waals surface area contributed by atoms with E-state index in [2.05, 4.69) is 20.3 Å². The van der Waals surface area contributed by atoms with Gasteiger partial charge in [-0.15, -0.1) is 11.3 Å². The average Bonchev–Trinajstić information content (AvgIpc) is 3.31. The van der Waals surface area contributed by atoms with Crippen molar-refractivity contribution in [1.82, 2.24) is 19.9 Å². The second-order valence-electron chi connectivity index (χ2n) is 8.72. The lowest BCUT2D eigenvalue weighted by atomic mass is 9.99. The van der Waals surface area contributed by atoms with E-state index in [9.17, 15) is 9.59 Å². The molecule has 180 valence electrons. The van der Waals surface area contributed by atoms with Crippen LogP contribution in [-0.4, -0.2) is 45.8 Å². The maximum Gasteiger partial charge on any atom is 0.258 e. The number of pyridine rings is 1. The van der Waals surface area contributed by atoms with Gasteiger partial charge < -0.3 is 16.0 Å². The van der Waals surface area contributed by atoms with Gasteiger partial charge in [0.2, 0.25) is 0 Å². The molecule has 2 amide bonds. The summed E-state index contributed by atoms with van der Waals surface area (Å²) in [7, 11) is 3.47. The van der Waals surface area contributed by atoms with Crippen molar-refractivity contribution in [2.75, 3.05) is 25.1 Å². The monoisotopic (exact) mass is 496 g/mol. The number of fused-ring (bicyclic) bond motifs is 2. The number of aromatic nitrogens is 3. The summed E-state index contributed by atoms with van der Waals surface area (Å²) in [5.41, 5.74) is 11.2. The van der Waals surface area contributed by atoms with Crippen LogP contribution in [0, 0.1) is 6.92 Å². The van der Waals surface area contributed by atoms with Crippen molar-refractivity contribution in [2.24, 2.45) is 0 Å². The minimum Gasteiger partial charge on any atom is -0.382 e. The zero-order valence-electron chi connectivity index (χ0n) is 20.1. The number of nitrogen functional groups attached to an aromatic ring is 1. The molecule has 3 N–H and O–H groups in total. The van der Waals surface area contributed by atoms with Crippen LogP contribution in [0.25, 0.3) is 21.0 Å². The number of benzene rings is 2. The van der Waals surface area contributed by atoms with E-state index in [1.54, 1.807) is 30.6 Å². The standard InChI is InChI=1S/C27H24N6O2S/c1-15-4-9-18-19(22(15)32-26(34)20-13-36-24-23(20)30-14-31-25(24)28)10-11-29-21(18)12-16-5-7-17(8-6-16)27(35)33(2)3/h4-11,13-14H,12H2,1-3H3,(H,32,34)(H2,28,30,31). The fourth-order valence-electron chi connectivity index (χ4n) is 4.16. The van der Waals surface area contributed by atoms with E-state index >= 15 is 0 Å². The number of thiophene rings is 1. The first-order chi connectivity index (χ1) is 17.3. The Morgan fingerprint density at radius 1 is 1.00 bits per heavy atom. The third-order valence-corrected chi connectivity index (χ3v) is 7.07. The van der Waals surface area contributed by atoms with E-state index in [1.165, 1.54) is 17.7 Å². The third kappa shape index (κ3) is 4.25. The highest BCUT2D eigenvalue weighted by Gasteiger charge is 2.18. The molecule has 0 saturated heterocycles. The first-order valence-corrected chi connectivity index (χ1v) is 12.2. The Morgan fingerprint density at radius 3 is 2.53 bits per heavy atom. The number of nitrogens with zero attached hydrogens (tertiary/aromatic N) is 4. The van der Waals surface area contributed by atoms with Gasteiger partial charge >= 0.3 is 0 Å². The maximum absolute atomic E-state index is 13.3. The number of aryl methyl sites for hydroxylation is 1. The van der Waals surface area contributed by atoms with E-state index in [0.717, 1.165) is 33.3 Å². The van der Waals surface area contributed by atoms with Gasteiger partial charge in [0.25, 0.3) is 11.8 Å². The van der Waals surface area contributed by atoms with E-state index < -0.39 is 0 Å². The van der Waals surface area contributed by atoms with Crippen molar-refractivity contribution in [3.05, 3.63) is 88.3 Å². The largest absolute Gasteiger partial charge is 0.382 e. The molecule has 0 spiro atoms. The highest BCUT2D eigenvalue weighted by Crippen LogP contribution is 2.32. The van der Waals surface area contributed by atoms with Crippen LogP contribution in [0.1, 0.15) is 37.5 Å². The quantitative estimate of drug-likeness (QED) is 0.365. The predicted molar refractivity (Wildman–Crippen MR) is 144 cm³/mol. The molecule has 36 heavy (non-hydrogen) atoms. The molecule has 0 bridgehead atoms. The first-order valence-electron chi connectivity index (χ1n) is 11.3. The molecule has 0 unspecified atom stereocenters. The molecule has 0 aliphatic carbocycles. The predicted octanol–water partition coefficient (Wildman–Crippen LogP) is 4.68. The molecule has 9 heteroatoms. The van der Waals surface area contributed by atoms with Crippen LogP contribution in [0.2, 0.25) is 0 Å². The summed E-state index contributed by atoms with van der Waals surface area (Å²) < 4.78 is 0.696. The van der Waals surface area contributed by atoms with Crippen LogP contribution in [0.3, 0.4) is 0 Å².